The molecule has 0 atom stereocenters. The highest BCUT2D eigenvalue weighted by molar-refractivity contribution is 7.98. The lowest BCUT2D eigenvalue weighted by Crippen LogP contribution is -2.45. The number of nitrogens with zero attached hydrogens (tertiary/aromatic N) is 4. The third-order valence-electron chi connectivity index (χ3n) is 5.47. The molecule has 2 aliphatic heterocycles. The van der Waals surface area contributed by atoms with Crippen LogP contribution in [0.4, 0.5) is 0 Å². The number of fused-ring (bicyclic) bond motifs is 2. The molecule has 0 aliphatic carbocycles. The Balaban J connectivity index is 1.39. The first kappa shape index (κ1) is 18.5. The summed E-state index contributed by atoms with van der Waals surface area (Å²) in [5.74, 6) is 1.99. The molecule has 1 spiro atoms. The summed E-state index contributed by atoms with van der Waals surface area (Å²) in [7, 11) is 0. The summed E-state index contributed by atoms with van der Waals surface area (Å²) in [5.41, 5.74) is 2.53. The van der Waals surface area contributed by atoms with Crippen molar-refractivity contribution < 1.29 is 4.74 Å². The summed E-state index contributed by atoms with van der Waals surface area (Å²) >= 11 is 3.86. The molecule has 4 heterocycles. The van der Waals surface area contributed by atoms with Crippen LogP contribution in [0.5, 0.6) is 0 Å². The largest absolute Gasteiger partial charge is 0.370 e. The molecule has 26 heavy (non-hydrogen) atoms. The van der Waals surface area contributed by atoms with E-state index in [2.05, 4.69) is 41.3 Å². The third-order valence-corrected chi connectivity index (χ3v) is 7.66. The van der Waals surface area contributed by atoms with E-state index in [-0.39, 0.29) is 5.60 Å². The van der Waals surface area contributed by atoms with Gasteiger partial charge in [-0.25, -0.2) is 4.68 Å². The normalized spacial score (nSPS) is 19.8. The molecule has 0 bridgehead atoms. The molecular weight excluding hydrogens is 364 g/mol. The highest BCUT2D eigenvalue weighted by atomic mass is 32.2. The van der Waals surface area contributed by atoms with Crippen LogP contribution in [-0.4, -0.2) is 45.3 Å². The van der Waals surface area contributed by atoms with Crippen molar-refractivity contribution in [1.82, 2.24) is 19.9 Å². The minimum absolute atomic E-state index is 0.0383. The van der Waals surface area contributed by atoms with Crippen LogP contribution in [0.25, 0.3) is 0 Å². The lowest BCUT2D eigenvalue weighted by Gasteiger charge is -2.44. The van der Waals surface area contributed by atoms with Gasteiger partial charge in [-0.2, -0.15) is 0 Å². The molecule has 0 aromatic carbocycles. The van der Waals surface area contributed by atoms with Crippen molar-refractivity contribution in [2.45, 2.75) is 57.6 Å². The van der Waals surface area contributed by atoms with Crippen LogP contribution >= 0.6 is 23.1 Å². The highest BCUT2D eigenvalue weighted by Crippen LogP contribution is 2.44. The Bertz CT molecular complexity index is 734. The van der Waals surface area contributed by atoms with Crippen LogP contribution in [0, 0.1) is 0 Å². The van der Waals surface area contributed by atoms with Gasteiger partial charge in [-0.3, -0.25) is 4.90 Å². The van der Waals surface area contributed by atoms with Gasteiger partial charge in [0.15, 0.2) is 0 Å². The van der Waals surface area contributed by atoms with Gasteiger partial charge in [-0.15, -0.1) is 28.2 Å². The number of rotatable bonds is 6. The monoisotopic (exact) mass is 392 g/mol. The second kappa shape index (κ2) is 8.00. The van der Waals surface area contributed by atoms with Crippen molar-refractivity contribution in [3.05, 3.63) is 33.3 Å². The van der Waals surface area contributed by atoms with Gasteiger partial charge < -0.3 is 4.74 Å². The Hall–Kier alpha value is -0.890. The Morgan fingerprint density at radius 2 is 2.15 bits per heavy atom. The van der Waals surface area contributed by atoms with E-state index in [1.165, 1.54) is 10.4 Å². The lowest BCUT2D eigenvalue weighted by molar-refractivity contribution is -0.0982. The Kier molecular flexibility index (Phi) is 5.69. The molecule has 2 aromatic heterocycles. The number of ether oxygens (including phenoxy) is 1. The van der Waals surface area contributed by atoms with Gasteiger partial charge in [-0.1, -0.05) is 19.1 Å². The van der Waals surface area contributed by atoms with E-state index >= 15 is 0 Å². The van der Waals surface area contributed by atoms with E-state index in [0.29, 0.717) is 0 Å². The summed E-state index contributed by atoms with van der Waals surface area (Å²) < 4.78 is 8.33. The van der Waals surface area contributed by atoms with Gasteiger partial charge in [0.1, 0.15) is 0 Å². The minimum Gasteiger partial charge on any atom is -0.370 e. The molecule has 0 radical (unpaired) electrons. The maximum atomic E-state index is 6.38. The molecule has 0 N–H and O–H groups in total. The Labute approximate surface area is 164 Å². The van der Waals surface area contributed by atoms with Gasteiger partial charge in [0.2, 0.25) is 0 Å². The van der Waals surface area contributed by atoms with E-state index in [1.807, 2.05) is 27.8 Å². The lowest BCUT2D eigenvalue weighted by atomic mass is 9.82. The summed E-state index contributed by atoms with van der Waals surface area (Å²) in [5, 5.41) is 8.59. The summed E-state index contributed by atoms with van der Waals surface area (Å²) in [6.45, 7) is 8.31. The van der Waals surface area contributed by atoms with Gasteiger partial charge in [0.25, 0.3) is 0 Å². The van der Waals surface area contributed by atoms with Crippen molar-refractivity contribution in [3.8, 4) is 0 Å². The number of hydrogen-bond acceptors (Lipinski definition) is 6. The topological polar surface area (TPSA) is 43.2 Å². The SMILES string of the molecule is CCSCn1cc(CN2CCC3(CC2)OCCc2sc(CC)cc23)nn1. The van der Waals surface area contributed by atoms with Crippen molar-refractivity contribution >= 4 is 23.1 Å². The third kappa shape index (κ3) is 3.72. The molecule has 2 aliphatic rings. The fourth-order valence-corrected chi connectivity index (χ4v) is 5.69. The standard InChI is InChI=1S/C19H28N4OS2/c1-3-16-11-17-18(26-16)5-10-24-19(17)6-8-22(9-7-19)12-15-13-23(21-20-15)14-25-4-2/h11,13H,3-10,12,14H2,1-2H3. The molecule has 0 saturated carbocycles. The van der Waals surface area contributed by atoms with E-state index in [0.717, 1.165) is 69.2 Å². The van der Waals surface area contributed by atoms with Crippen molar-refractivity contribution in [2.75, 3.05) is 25.4 Å². The zero-order valence-corrected chi connectivity index (χ0v) is 17.4. The van der Waals surface area contributed by atoms with Gasteiger partial charge in [0.05, 0.1) is 30.0 Å². The number of thiophene rings is 1. The molecule has 0 unspecified atom stereocenters. The van der Waals surface area contributed by atoms with E-state index in [1.54, 1.807) is 4.88 Å². The van der Waals surface area contributed by atoms with Gasteiger partial charge in [0, 0.05) is 35.8 Å². The van der Waals surface area contributed by atoms with E-state index in [4.69, 9.17) is 4.74 Å². The van der Waals surface area contributed by atoms with Crippen LogP contribution in [0.1, 0.15) is 47.7 Å². The fraction of sp³-hybridized carbons (Fsp3) is 0.684. The average Bonchev–Trinajstić information content (AvgIpc) is 3.29. The molecule has 142 valence electrons. The zero-order valence-electron chi connectivity index (χ0n) is 15.7. The van der Waals surface area contributed by atoms with Crippen LogP contribution in [0.3, 0.4) is 0 Å². The quantitative estimate of drug-likeness (QED) is 0.750. The van der Waals surface area contributed by atoms with Crippen molar-refractivity contribution in [2.24, 2.45) is 0 Å². The molecule has 2 aromatic rings. The molecule has 4 rings (SSSR count). The second-order valence-corrected chi connectivity index (χ2v) is 9.61. The van der Waals surface area contributed by atoms with Crippen LogP contribution < -0.4 is 0 Å². The number of aromatic nitrogens is 3. The molecule has 0 amide bonds. The first-order valence-corrected chi connectivity index (χ1v) is 11.6. The fourth-order valence-electron chi connectivity index (χ4n) is 4.02. The molecule has 5 nitrogen and oxygen atoms in total. The molecule has 7 heteroatoms. The Morgan fingerprint density at radius 3 is 2.92 bits per heavy atom. The van der Waals surface area contributed by atoms with Gasteiger partial charge >= 0.3 is 0 Å². The number of piperidine rings is 1. The predicted octanol–water partition coefficient (Wildman–Crippen LogP) is 3.68. The maximum Gasteiger partial charge on any atom is 0.0967 e. The summed E-state index contributed by atoms with van der Waals surface area (Å²) in [6, 6.07) is 2.42. The smallest absolute Gasteiger partial charge is 0.0967 e. The molecule has 1 saturated heterocycles. The average molecular weight is 393 g/mol. The molecular formula is C19H28N4OS2. The number of hydrogen-bond donors (Lipinski definition) is 0. The second-order valence-electron chi connectivity index (χ2n) is 7.14. The number of thioether (sulfide) groups is 1. The van der Waals surface area contributed by atoms with Crippen LogP contribution in [-0.2, 0) is 35.6 Å². The first-order valence-electron chi connectivity index (χ1n) is 9.67. The van der Waals surface area contributed by atoms with Crippen molar-refractivity contribution in [1.29, 1.82) is 0 Å². The van der Waals surface area contributed by atoms with E-state index < -0.39 is 0 Å². The van der Waals surface area contributed by atoms with Gasteiger partial charge in [-0.05, 0) is 36.6 Å². The maximum absolute atomic E-state index is 6.38. The number of aryl methyl sites for hydroxylation is 1. The number of likely N-dealkylation sites (tertiary alicyclic amines) is 1. The summed E-state index contributed by atoms with van der Waals surface area (Å²) in [4.78, 5) is 5.57. The predicted molar refractivity (Wildman–Crippen MR) is 108 cm³/mol. The first-order chi connectivity index (χ1) is 12.7. The van der Waals surface area contributed by atoms with Crippen LogP contribution in [0.2, 0.25) is 0 Å². The highest BCUT2D eigenvalue weighted by Gasteiger charge is 2.41. The van der Waals surface area contributed by atoms with Crippen LogP contribution in [0.15, 0.2) is 12.3 Å². The zero-order chi connectivity index (χ0) is 18.0. The molecule has 1 fully saturated rings. The Morgan fingerprint density at radius 1 is 1.31 bits per heavy atom. The van der Waals surface area contributed by atoms with E-state index in [9.17, 15) is 0 Å². The van der Waals surface area contributed by atoms with Crippen molar-refractivity contribution in [3.63, 3.8) is 0 Å². The minimum atomic E-state index is -0.0383. The summed E-state index contributed by atoms with van der Waals surface area (Å²) in [6.07, 6.45) is 6.48.